The Balaban J connectivity index is 1.64. The van der Waals surface area contributed by atoms with Gasteiger partial charge in [0.05, 0.1) is 11.8 Å². The van der Waals surface area contributed by atoms with E-state index in [1.807, 2.05) is 6.92 Å². The summed E-state index contributed by atoms with van der Waals surface area (Å²) in [6.45, 7) is 1.81. The highest BCUT2D eigenvalue weighted by molar-refractivity contribution is 6.05. The molecule has 0 radical (unpaired) electrons. The second-order valence-corrected chi connectivity index (χ2v) is 5.80. The fourth-order valence-corrected chi connectivity index (χ4v) is 2.67. The monoisotopic (exact) mass is 363 g/mol. The zero-order chi connectivity index (χ0) is 18.8. The van der Waals surface area contributed by atoms with E-state index in [4.69, 9.17) is 8.83 Å². The largest absolute Gasteiger partial charge is 0.459 e. The quantitative estimate of drug-likeness (QED) is 0.568. The van der Waals surface area contributed by atoms with Crippen molar-refractivity contribution < 1.29 is 18.0 Å². The highest BCUT2D eigenvalue weighted by Gasteiger charge is 2.17. The highest BCUT2D eigenvalue weighted by atomic mass is 19.1. The molecule has 2 heterocycles. The molecule has 2 aromatic carbocycles. The molecular weight excluding hydrogens is 349 g/mol. The number of hydrogen-bond donors (Lipinski definition) is 1. The van der Waals surface area contributed by atoms with Crippen LogP contribution in [0.25, 0.3) is 23.1 Å². The second-order valence-electron chi connectivity index (χ2n) is 5.80. The van der Waals surface area contributed by atoms with Crippen molar-refractivity contribution in [3.8, 4) is 23.1 Å². The molecule has 0 aliphatic heterocycles. The van der Waals surface area contributed by atoms with Crippen molar-refractivity contribution in [3.63, 3.8) is 0 Å². The summed E-state index contributed by atoms with van der Waals surface area (Å²) in [5.74, 6) is -0.0922. The molecule has 2 aromatic heterocycles. The number of nitrogens with one attached hydrogen (secondary N) is 1. The van der Waals surface area contributed by atoms with Crippen LogP contribution < -0.4 is 5.32 Å². The van der Waals surface area contributed by atoms with E-state index in [0.717, 1.165) is 5.56 Å². The molecule has 0 bridgehead atoms. The molecule has 7 heteroatoms. The van der Waals surface area contributed by atoms with Gasteiger partial charge < -0.3 is 14.2 Å². The van der Waals surface area contributed by atoms with Crippen molar-refractivity contribution in [2.24, 2.45) is 0 Å². The number of carbonyl (C=O) groups excluding carboxylic acids is 1. The fraction of sp³-hybridized carbons (Fsp3) is 0.0500. The lowest BCUT2D eigenvalue weighted by molar-refractivity contribution is 0.102. The van der Waals surface area contributed by atoms with Crippen LogP contribution in [0.4, 0.5) is 10.1 Å². The number of hydrogen-bond acceptors (Lipinski definition) is 5. The number of halogens is 1. The van der Waals surface area contributed by atoms with Crippen molar-refractivity contribution in [1.29, 1.82) is 0 Å². The molecule has 4 aromatic rings. The summed E-state index contributed by atoms with van der Waals surface area (Å²) >= 11 is 0. The van der Waals surface area contributed by atoms with Crippen LogP contribution in [0.15, 0.2) is 69.7 Å². The maximum atomic E-state index is 13.8. The third-order valence-electron chi connectivity index (χ3n) is 4.09. The van der Waals surface area contributed by atoms with Gasteiger partial charge in [-0.2, -0.15) is 0 Å². The first-order valence-electron chi connectivity index (χ1n) is 8.17. The Morgan fingerprint density at radius 3 is 2.59 bits per heavy atom. The van der Waals surface area contributed by atoms with Crippen molar-refractivity contribution in [2.45, 2.75) is 6.92 Å². The van der Waals surface area contributed by atoms with Crippen molar-refractivity contribution in [1.82, 2.24) is 10.2 Å². The first kappa shape index (κ1) is 16.7. The number of aromatic nitrogens is 2. The van der Waals surface area contributed by atoms with E-state index >= 15 is 0 Å². The summed E-state index contributed by atoms with van der Waals surface area (Å²) < 4.78 is 24.7. The van der Waals surface area contributed by atoms with Crippen LogP contribution in [-0.4, -0.2) is 16.1 Å². The van der Waals surface area contributed by atoms with Gasteiger partial charge in [0.15, 0.2) is 5.76 Å². The maximum absolute atomic E-state index is 13.8. The van der Waals surface area contributed by atoms with Gasteiger partial charge in [0.1, 0.15) is 5.82 Å². The second kappa shape index (κ2) is 6.87. The van der Waals surface area contributed by atoms with Crippen LogP contribution in [0.3, 0.4) is 0 Å². The van der Waals surface area contributed by atoms with E-state index in [1.54, 1.807) is 36.4 Å². The molecule has 134 valence electrons. The Hall–Kier alpha value is -3.74. The normalized spacial score (nSPS) is 10.7. The number of nitrogens with zero attached hydrogens (tertiary/aromatic N) is 2. The molecular formula is C20H14FN3O3. The fourth-order valence-electron chi connectivity index (χ4n) is 2.67. The molecule has 1 amide bonds. The molecule has 0 aliphatic rings. The third kappa shape index (κ3) is 3.22. The Labute approximate surface area is 153 Å². The topological polar surface area (TPSA) is 81.2 Å². The van der Waals surface area contributed by atoms with Crippen LogP contribution in [0, 0.1) is 12.7 Å². The van der Waals surface area contributed by atoms with Gasteiger partial charge in [0.25, 0.3) is 11.8 Å². The van der Waals surface area contributed by atoms with E-state index in [-0.39, 0.29) is 11.5 Å². The molecule has 27 heavy (non-hydrogen) atoms. The zero-order valence-corrected chi connectivity index (χ0v) is 14.3. The van der Waals surface area contributed by atoms with Gasteiger partial charge in [0, 0.05) is 11.3 Å². The molecule has 0 fully saturated rings. The first-order valence-corrected chi connectivity index (χ1v) is 8.17. The van der Waals surface area contributed by atoms with E-state index in [2.05, 4.69) is 15.5 Å². The molecule has 1 N–H and O–H groups in total. The molecule has 0 atom stereocenters. The maximum Gasteiger partial charge on any atom is 0.283 e. The van der Waals surface area contributed by atoms with Gasteiger partial charge in [-0.05, 0) is 48.9 Å². The Kier molecular flexibility index (Phi) is 4.25. The highest BCUT2D eigenvalue weighted by Crippen LogP contribution is 2.30. The Bertz CT molecular complexity index is 1100. The minimum absolute atomic E-state index is 0.0276. The van der Waals surface area contributed by atoms with Crippen LogP contribution in [0.5, 0.6) is 0 Å². The third-order valence-corrected chi connectivity index (χ3v) is 4.09. The van der Waals surface area contributed by atoms with Gasteiger partial charge in [-0.1, -0.05) is 18.2 Å². The minimum atomic E-state index is -0.580. The number of furan rings is 1. The van der Waals surface area contributed by atoms with Crippen LogP contribution >= 0.6 is 0 Å². The predicted octanol–water partition coefficient (Wildman–Crippen LogP) is 4.70. The smallest absolute Gasteiger partial charge is 0.283 e. The summed E-state index contributed by atoms with van der Waals surface area (Å²) in [5, 5.41) is 10.7. The van der Waals surface area contributed by atoms with Gasteiger partial charge in [-0.25, -0.2) is 4.39 Å². The average Bonchev–Trinajstić information content (AvgIpc) is 3.35. The van der Waals surface area contributed by atoms with Gasteiger partial charge in [-0.3, -0.25) is 4.79 Å². The molecule has 0 saturated carbocycles. The average molecular weight is 363 g/mol. The Morgan fingerprint density at radius 1 is 1.00 bits per heavy atom. The van der Waals surface area contributed by atoms with Gasteiger partial charge >= 0.3 is 0 Å². The zero-order valence-electron chi connectivity index (χ0n) is 14.3. The molecule has 6 nitrogen and oxygen atoms in total. The Morgan fingerprint density at radius 2 is 1.81 bits per heavy atom. The van der Waals surface area contributed by atoms with Crippen molar-refractivity contribution in [3.05, 3.63) is 77.8 Å². The summed E-state index contributed by atoms with van der Waals surface area (Å²) in [5.41, 5.74) is 1.88. The van der Waals surface area contributed by atoms with E-state index < -0.39 is 11.7 Å². The number of rotatable bonds is 4. The molecule has 0 saturated heterocycles. The summed E-state index contributed by atoms with van der Waals surface area (Å²) in [7, 11) is 0. The van der Waals surface area contributed by atoms with E-state index in [9.17, 15) is 9.18 Å². The lowest BCUT2D eigenvalue weighted by atomic mass is 10.1. The summed E-state index contributed by atoms with van der Waals surface area (Å²) in [6, 6.07) is 14.5. The molecule has 0 aliphatic carbocycles. The first-order chi connectivity index (χ1) is 13.1. The molecule has 0 unspecified atom stereocenters. The molecule has 0 spiro atoms. The van der Waals surface area contributed by atoms with E-state index in [0.29, 0.717) is 22.9 Å². The van der Waals surface area contributed by atoms with Gasteiger partial charge in [-0.15, -0.1) is 10.2 Å². The predicted molar refractivity (Wildman–Crippen MR) is 96.5 cm³/mol. The summed E-state index contributed by atoms with van der Waals surface area (Å²) in [4.78, 5) is 12.4. The standard InChI is InChI=1S/C20H14FN3O3/c1-12-13(19-23-24-20(27-19)17-10-5-11-26-17)7-4-9-16(12)22-18(25)14-6-2-3-8-15(14)21/h2-11H,1H3,(H,22,25). The lowest BCUT2D eigenvalue weighted by Crippen LogP contribution is -2.14. The van der Waals surface area contributed by atoms with Crippen LogP contribution in [-0.2, 0) is 0 Å². The van der Waals surface area contributed by atoms with Gasteiger partial charge in [0.2, 0.25) is 5.89 Å². The van der Waals surface area contributed by atoms with Crippen LogP contribution in [0.1, 0.15) is 15.9 Å². The molecule has 4 rings (SSSR count). The summed E-state index contributed by atoms with van der Waals surface area (Å²) in [6.07, 6.45) is 1.52. The van der Waals surface area contributed by atoms with E-state index in [1.165, 1.54) is 24.5 Å². The van der Waals surface area contributed by atoms with Crippen molar-refractivity contribution >= 4 is 11.6 Å². The lowest BCUT2D eigenvalue weighted by Gasteiger charge is -2.11. The minimum Gasteiger partial charge on any atom is -0.459 e. The van der Waals surface area contributed by atoms with Crippen LogP contribution in [0.2, 0.25) is 0 Å². The SMILES string of the molecule is Cc1c(NC(=O)c2ccccc2F)cccc1-c1nnc(-c2ccco2)o1. The number of carbonyl (C=O) groups is 1. The van der Waals surface area contributed by atoms with Crippen molar-refractivity contribution in [2.75, 3.05) is 5.32 Å². The number of amides is 1. The number of anilines is 1. The number of benzene rings is 2.